The molecule has 2 aromatic rings. The molecule has 0 unspecified atom stereocenters. The van der Waals surface area contributed by atoms with Crippen molar-refractivity contribution in [1.82, 2.24) is 0 Å². The first-order chi connectivity index (χ1) is 9.31. The fourth-order valence-electron chi connectivity index (χ4n) is 1.49. The van der Waals surface area contributed by atoms with Crippen LogP contribution in [0.2, 0.25) is 0 Å². The summed E-state index contributed by atoms with van der Waals surface area (Å²) in [4.78, 5) is -0.500. The molecule has 4 nitrogen and oxygen atoms in total. The summed E-state index contributed by atoms with van der Waals surface area (Å²) < 4.78 is 40.8. The summed E-state index contributed by atoms with van der Waals surface area (Å²) in [6.45, 7) is 0. The van der Waals surface area contributed by atoms with Crippen molar-refractivity contribution in [1.29, 1.82) is 0 Å². The van der Waals surface area contributed by atoms with E-state index in [1.165, 1.54) is 12.1 Å². The Morgan fingerprint density at radius 3 is 2.50 bits per heavy atom. The van der Waals surface area contributed by atoms with E-state index in [1.807, 2.05) is 0 Å². The average molecular weight is 425 g/mol. The maximum absolute atomic E-state index is 13.7. The maximum Gasteiger partial charge on any atom is 0.264 e. The predicted octanol–water partition coefficient (Wildman–Crippen LogP) is 3.86. The zero-order chi connectivity index (χ0) is 14.9. The van der Waals surface area contributed by atoms with E-state index in [4.69, 9.17) is 0 Å². The van der Waals surface area contributed by atoms with Gasteiger partial charge in [-0.15, -0.1) is 0 Å². The van der Waals surface area contributed by atoms with Crippen LogP contribution < -0.4 is 4.72 Å². The van der Waals surface area contributed by atoms with Crippen molar-refractivity contribution in [2.75, 3.05) is 4.72 Å². The highest BCUT2D eigenvalue weighted by Crippen LogP contribution is 2.33. The second kappa shape index (κ2) is 5.71. The molecule has 0 radical (unpaired) electrons. The third-order valence-corrected chi connectivity index (χ3v) is 4.95. The number of anilines is 1. The summed E-state index contributed by atoms with van der Waals surface area (Å²) in [5.41, 5.74) is -0.0401. The van der Waals surface area contributed by atoms with E-state index >= 15 is 0 Å². The van der Waals surface area contributed by atoms with Crippen LogP contribution >= 0.6 is 31.9 Å². The second-order valence-corrected chi connectivity index (χ2v) is 7.24. The summed E-state index contributed by atoms with van der Waals surface area (Å²) in [6.07, 6.45) is 0. The van der Waals surface area contributed by atoms with Gasteiger partial charge in [0.15, 0.2) is 5.75 Å². The van der Waals surface area contributed by atoms with E-state index < -0.39 is 20.7 Å². The Bertz CT molecular complexity index is 765. The van der Waals surface area contributed by atoms with Gasteiger partial charge in [0.2, 0.25) is 0 Å². The number of phenolic OH excluding ortho intramolecular Hbond substituents is 1. The molecule has 20 heavy (non-hydrogen) atoms. The molecule has 106 valence electrons. The Hall–Kier alpha value is -1.12. The van der Waals surface area contributed by atoms with Crippen LogP contribution in [0, 0.1) is 5.82 Å². The number of hydrogen-bond donors (Lipinski definition) is 2. The van der Waals surface area contributed by atoms with Crippen molar-refractivity contribution in [3.05, 3.63) is 51.2 Å². The van der Waals surface area contributed by atoms with Crippen LogP contribution in [0.15, 0.2) is 50.2 Å². The van der Waals surface area contributed by atoms with Gasteiger partial charge >= 0.3 is 0 Å². The zero-order valence-corrected chi connectivity index (χ0v) is 13.8. The molecule has 0 fully saturated rings. The molecule has 0 atom stereocenters. The minimum atomic E-state index is -4.13. The summed E-state index contributed by atoms with van der Waals surface area (Å²) in [7, 11) is -4.13. The number of rotatable bonds is 3. The fourth-order valence-corrected chi connectivity index (χ4v) is 3.32. The lowest BCUT2D eigenvalue weighted by Crippen LogP contribution is -2.14. The van der Waals surface area contributed by atoms with Gasteiger partial charge in [0, 0.05) is 4.47 Å². The molecule has 0 saturated heterocycles. The number of aromatic hydroxyl groups is 1. The van der Waals surface area contributed by atoms with Crippen LogP contribution in [0.1, 0.15) is 0 Å². The Labute approximate surface area is 131 Å². The number of benzene rings is 2. The predicted molar refractivity (Wildman–Crippen MR) is 80.7 cm³/mol. The van der Waals surface area contributed by atoms with Crippen molar-refractivity contribution in [3.8, 4) is 5.75 Å². The molecule has 0 heterocycles. The van der Waals surface area contributed by atoms with E-state index in [2.05, 4.69) is 36.6 Å². The van der Waals surface area contributed by atoms with Crippen LogP contribution in [0.4, 0.5) is 10.1 Å². The Morgan fingerprint density at radius 1 is 1.15 bits per heavy atom. The highest BCUT2D eigenvalue weighted by atomic mass is 79.9. The monoisotopic (exact) mass is 423 g/mol. The molecular weight excluding hydrogens is 417 g/mol. The van der Waals surface area contributed by atoms with Crippen molar-refractivity contribution >= 4 is 47.6 Å². The fraction of sp³-hybridized carbons (Fsp3) is 0. The Balaban J connectivity index is 2.44. The van der Waals surface area contributed by atoms with E-state index in [9.17, 15) is 17.9 Å². The summed E-state index contributed by atoms with van der Waals surface area (Å²) in [5, 5.41) is 9.75. The standard InChI is InChI=1S/C12H8Br2FNO3S/c13-7-4-5-11(9(15)6-7)20(18,19)16-10-3-1-2-8(14)12(10)17/h1-6,16-17H. The topological polar surface area (TPSA) is 66.4 Å². The van der Waals surface area contributed by atoms with Crippen molar-refractivity contribution in [2.24, 2.45) is 0 Å². The normalized spacial score (nSPS) is 11.3. The molecule has 0 aliphatic carbocycles. The number of nitrogens with one attached hydrogen (secondary N) is 1. The lowest BCUT2D eigenvalue weighted by atomic mass is 10.3. The van der Waals surface area contributed by atoms with Crippen LogP contribution in [-0.2, 0) is 10.0 Å². The van der Waals surface area contributed by atoms with Crippen molar-refractivity contribution in [2.45, 2.75) is 4.90 Å². The van der Waals surface area contributed by atoms with Crippen LogP contribution in [0.25, 0.3) is 0 Å². The third kappa shape index (κ3) is 3.13. The van der Waals surface area contributed by atoms with Gasteiger partial charge in [-0.05, 0) is 46.3 Å². The third-order valence-electron chi connectivity index (χ3n) is 2.41. The second-order valence-electron chi connectivity index (χ2n) is 3.82. The van der Waals surface area contributed by atoms with E-state index in [-0.39, 0.29) is 11.4 Å². The number of hydrogen-bond acceptors (Lipinski definition) is 3. The van der Waals surface area contributed by atoms with E-state index in [0.29, 0.717) is 8.95 Å². The molecule has 0 aromatic heterocycles. The van der Waals surface area contributed by atoms with Crippen LogP contribution in [-0.4, -0.2) is 13.5 Å². The highest BCUT2D eigenvalue weighted by Gasteiger charge is 2.21. The molecular formula is C12H8Br2FNO3S. The van der Waals surface area contributed by atoms with E-state index in [1.54, 1.807) is 12.1 Å². The number of phenols is 1. The molecule has 0 saturated carbocycles. The smallest absolute Gasteiger partial charge is 0.264 e. The maximum atomic E-state index is 13.7. The van der Waals surface area contributed by atoms with Gasteiger partial charge < -0.3 is 5.11 Å². The molecule has 0 amide bonds. The molecule has 0 bridgehead atoms. The average Bonchev–Trinajstić information content (AvgIpc) is 2.34. The molecule has 0 spiro atoms. The van der Waals surface area contributed by atoms with Gasteiger partial charge in [-0.25, -0.2) is 12.8 Å². The minimum Gasteiger partial charge on any atom is -0.505 e. The van der Waals surface area contributed by atoms with Gasteiger partial charge in [0.05, 0.1) is 10.2 Å². The molecule has 0 aliphatic rings. The van der Waals surface area contributed by atoms with Gasteiger partial charge in [0.1, 0.15) is 10.7 Å². The molecule has 2 N–H and O–H groups in total. The van der Waals surface area contributed by atoms with Crippen molar-refractivity contribution in [3.63, 3.8) is 0 Å². The Morgan fingerprint density at radius 2 is 1.85 bits per heavy atom. The van der Waals surface area contributed by atoms with Gasteiger partial charge in [0.25, 0.3) is 10.0 Å². The largest absolute Gasteiger partial charge is 0.505 e. The first-order valence-electron chi connectivity index (χ1n) is 5.26. The van der Waals surface area contributed by atoms with Crippen LogP contribution in [0.3, 0.4) is 0 Å². The van der Waals surface area contributed by atoms with Gasteiger partial charge in [-0.3, -0.25) is 4.72 Å². The minimum absolute atomic E-state index is 0.0401. The molecule has 2 aromatic carbocycles. The summed E-state index contributed by atoms with van der Waals surface area (Å²) >= 11 is 6.12. The highest BCUT2D eigenvalue weighted by molar-refractivity contribution is 9.10. The zero-order valence-electron chi connectivity index (χ0n) is 9.77. The van der Waals surface area contributed by atoms with Crippen molar-refractivity contribution < 1.29 is 17.9 Å². The number of halogens is 3. The number of para-hydroxylation sites is 1. The summed E-state index contributed by atoms with van der Waals surface area (Å²) in [6, 6.07) is 8.06. The number of sulfonamides is 1. The lowest BCUT2D eigenvalue weighted by Gasteiger charge is -2.11. The Kier molecular flexibility index (Phi) is 4.36. The van der Waals surface area contributed by atoms with Gasteiger partial charge in [-0.1, -0.05) is 22.0 Å². The molecule has 0 aliphatic heterocycles. The first-order valence-corrected chi connectivity index (χ1v) is 8.33. The molecule has 8 heteroatoms. The lowest BCUT2D eigenvalue weighted by molar-refractivity contribution is 0.474. The SMILES string of the molecule is O=S(=O)(Nc1cccc(Br)c1O)c1ccc(Br)cc1F. The van der Waals surface area contributed by atoms with Gasteiger partial charge in [-0.2, -0.15) is 0 Å². The first kappa shape index (κ1) is 15.3. The summed E-state index contributed by atoms with van der Waals surface area (Å²) in [5.74, 6) is -1.16. The quantitative estimate of drug-likeness (QED) is 0.735. The van der Waals surface area contributed by atoms with E-state index in [0.717, 1.165) is 12.1 Å². The molecule has 2 rings (SSSR count). The van der Waals surface area contributed by atoms with Crippen LogP contribution in [0.5, 0.6) is 5.75 Å².